The number of alkyl halides is 3. The van der Waals surface area contributed by atoms with E-state index in [9.17, 15) is 36.4 Å². The standard InChI is InChI=1S/C26H27F3N6O8S/c1-16-4-6-19(7-5-16)23-14-24(26(27,28)29)30-34(23)20-8-10-22(11-9-20)44(39,40)31-25(37)42-21-12-13-33(15-21)35(38)32-43-18(3)41-17(2)36/h4-11,14,18,21H,12-13,15H2,1-3H3,(H,31,37)/b35-32-. The van der Waals surface area contributed by atoms with Crippen molar-refractivity contribution in [2.45, 2.75) is 50.7 Å². The lowest BCUT2D eigenvalue weighted by Crippen LogP contribution is -2.36. The number of aromatic nitrogens is 2. The number of carbonyl (C=O) groups is 2. The van der Waals surface area contributed by atoms with Gasteiger partial charge in [-0.2, -0.15) is 18.3 Å². The summed E-state index contributed by atoms with van der Waals surface area (Å²) in [5, 5.41) is 20.1. The number of hydrogen-bond donors (Lipinski definition) is 1. The Bertz CT molecular complexity index is 1640. The second-order valence-corrected chi connectivity index (χ2v) is 11.3. The first-order valence-electron chi connectivity index (χ1n) is 13.0. The Balaban J connectivity index is 1.41. The van der Waals surface area contributed by atoms with E-state index in [0.717, 1.165) is 40.4 Å². The molecule has 1 aliphatic heterocycles. The van der Waals surface area contributed by atoms with Crippen molar-refractivity contribution in [3.05, 3.63) is 71.1 Å². The fourth-order valence-electron chi connectivity index (χ4n) is 4.13. The molecule has 1 fully saturated rings. The molecule has 0 bridgehead atoms. The fraction of sp³-hybridized carbons (Fsp3) is 0.346. The number of halogens is 3. The molecule has 3 aromatic rings. The number of carbonyl (C=O) groups excluding carboxylic acids is 2. The lowest BCUT2D eigenvalue weighted by Gasteiger charge is -2.14. The molecule has 1 amide bonds. The molecule has 0 radical (unpaired) electrons. The number of aryl methyl sites for hydroxylation is 1. The number of esters is 1. The summed E-state index contributed by atoms with van der Waals surface area (Å²) in [6.07, 6.45) is -7.84. The summed E-state index contributed by atoms with van der Waals surface area (Å²) in [6, 6.07) is 12.3. The van der Waals surface area contributed by atoms with Gasteiger partial charge < -0.3 is 14.7 Å². The van der Waals surface area contributed by atoms with Crippen molar-refractivity contribution < 1.29 is 50.5 Å². The molecule has 0 saturated carbocycles. The van der Waals surface area contributed by atoms with E-state index in [4.69, 9.17) is 9.57 Å². The van der Waals surface area contributed by atoms with Gasteiger partial charge in [0.15, 0.2) is 5.69 Å². The minimum atomic E-state index is -4.72. The normalized spacial score (nSPS) is 16.4. The lowest BCUT2D eigenvalue weighted by molar-refractivity contribution is -0.709. The number of ether oxygens (including phenoxy) is 2. The van der Waals surface area contributed by atoms with Gasteiger partial charge in [0.25, 0.3) is 16.3 Å². The number of amides is 1. The number of sulfonamides is 1. The molecular formula is C26H27F3N6O8S. The first kappa shape index (κ1) is 32.1. The van der Waals surface area contributed by atoms with E-state index in [-0.39, 0.29) is 40.8 Å². The summed E-state index contributed by atoms with van der Waals surface area (Å²) in [5.74, 6) is -0.638. The maximum Gasteiger partial charge on any atom is 0.435 e. The van der Waals surface area contributed by atoms with Crippen LogP contribution in [0.25, 0.3) is 16.9 Å². The minimum absolute atomic E-state index is 0.0844. The molecular weight excluding hydrogens is 613 g/mol. The van der Waals surface area contributed by atoms with Gasteiger partial charge in [0.2, 0.25) is 5.28 Å². The van der Waals surface area contributed by atoms with E-state index < -0.39 is 46.4 Å². The molecule has 18 heteroatoms. The van der Waals surface area contributed by atoms with Crippen LogP contribution in [-0.2, 0) is 35.3 Å². The number of hydrogen-bond acceptors (Lipinski definition) is 10. The zero-order chi connectivity index (χ0) is 32.2. The first-order valence-corrected chi connectivity index (χ1v) is 14.4. The molecule has 0 aliphatic carbocycles. The van der Waals surface area contributed by atoms with E-state index in [2.05, 4.69) is 15.1 Å². The molecule has 1 N–H and O–H groups in total. The van der Waals surface area contributed by atoms with E-state index in [1.54, 1.807) is 29.0 Å². The number of rotatable bonds is 9. The average Bonchev–Trinajstić information content (AvgIpc) is 3.59. The van der Waals surface area contributed by atoms with Gasteiger partial charge in [0.05, 0.1) is 27.8 Å². The number of hydrazine groups is 1. The van der Waals surface area contributed by atoms with Crippen LogP contribution in [0.2, 0.25) is 0 Å². The van der Waals surface area contributed by atoms with Crippen molar-refractivity contribution in [1.29, 1.82) is 0 Å². The highest BCUT2D eigenvalue weighted by Crippen LogP contribution is 2.33. The monoisotopic (exact) mass is 640 g/mol. The number of benzene rings is 2. The van der Waals surface area contributed by atoms with E-state index in [1.165, 1.54) is 19.1 Å². The first-order chi connectivity index (χ1) is 20.6. The zero-order valence-electron chi connectivity index (χ0n) is 23.5. The van der Waals surface area contributed by atoms with E-state index in [0.29, 0.717) is 5.56 Å². The molecule has 236 valence electrons. The third-order valence-electron chi connectivity index (χ3n) is 6.19. The van der Waals surface area contributed by atoms with Crippen LogP contribution in [-0.4, -0.2) is 65.7 Å². The topological polar surface area (TPSA) is 167 Å². The molecule has 2 unspecified atom stereocenters. The maximum atomic E-state index is 13.5. The molecule has 44 heavy (non-hydrogen) atoms. The SMILES string of the molecule is CC(=O)OC(C)O/N=[N+](\[O-])N1CCC(OC(=O)NS(=O)(=O)c2ccc(-n3nc(C(F)(F)F)cc3-c3ccc(C)cc3)cc2)C1. The minimum Gasteiger partial charge on any atom is -0.569 e. The van der Waals surface area contributed by atoms with Crippen molar-refractivity contribution in [3.8, 4) is 16.9 Å². The summed E-state index contributed by atoms with van der Waals surface area (Å²) in [5.41, 5.74) is 0.514. The molecule has 2 aromatic carbocycles. The van der Waals surface area contributed by atoms with Crippen molar-refractivity contribution in [2.75, 3.05) is 13.1 Å². The summed E-state index contributed by atoms with van der Waals surface area (Å²) in [7, 11) is -4.44. The highest BCUT2D eigenvalue weighted by Gasteiger charge is 2.36. The second-order valence-electron chi connectivity index (χ2n) is 9.64. The highest BCUT2D eigenvalue weighted by atomic mass is 32.2. The van der Waals surface area contributed by atoms with Crippen molar-refractivity contribution in [1.82, 2.24) is 19.5 Å². The van der Waals surface area contributed by atoms with Crippen LogP contribution in [0, 0.1) is 12.1 Å². The Morgan fingerprint density at radius 3 is 2.43 bits per heavy atom. The van der Waals surface area contributed by atoms with Crippen LogP contribution in [0.3, 0.4) is 0 Å². The van der Waals surface area contributed by atoms with Crippen LogP contribution in [0.5, 0.6) is 0 Å². The third-order valence-corrected chi connectivity index (χ3v) is 7.52. The van der Waals surface area contributed by atoms with Gasteiger partial charge in [0, 0.05) is 25.8 Å². The Hall–Kier alpha value is -4.87. The Kier molecular flexibility index (Phi) is 9.31. The largest absolute Gasteiger partial charge is 0.569 e. The zero-order valence-corrected chi connectivity index (χ0v) is 24.3. The quantitative estimate of drug-likeness (QED) is 0.118. The predicted molar refractivity (Wildman–Crippen MR) is 144 cm³/mol. The molecule has 14 nitrogen and oxygen atoms in total. The van der Waals surface area contributed by atoms with Crippen LogP contribution >= 0.6 is 0 Å². The van der Waals surface area contributed by atoms with Crippen molar-refractivity contribution in [2.24, 2.45) is 5.28 Å². The Morgan fingerprint density at radius 2 is 1.82 bits per heavy atom. The molecule has 2 heterocycles. The molecule has 1 saturated heterocycles. The van der Waals surface area contributed by atoms with Gasteiger partial charge in [0.1, 0.15) is 12.6 Å². The number of nitrogens with one attached hydrogen (secondary N) is 1. The summed E-state index contributed by atoms with van der Waals surface area (Å²) >= 11 is 0. The van der Waals surface area contributed by atoms with Crippen LogP contribution in [0.4, 0.5) is 18.0 Å². The summed E-state index contributed by atoms with van der Waals surface area (Å²) < 4.78 is 78.6. The average molecular weight is 641 g/mol. The van der Waals surface area contributed by atoms with Gasteiger partial charge in [-0.3, -0.25) is 9.63 Å². The van der Waals surface area contributed by atoms with Crippen molar-refractivity contribution >= 4 is 22.1 Å². The van der Waals surface area contributed by atoms with Gasteiger partial charge in [-0.05, 0) is 37.3 Å². The molecule has 1 aromatic heterocycles. The van der Waals surface area contributed by atoms with Gasteiger partial charge in [-0.1, -0.05) is 29.8 Å². The van der Waals surface area contributed by atoms with E-state index >= 15 is 0 Å². The van der Waals surface area contributed by atoms with Crippen molar-refractivity contribution in [3.63, 3.8) is 0 Å². The van der Waals surface area contributed by atoms with Crippen LogP contribution in [0.1, 0.15) is 31.5 Å². The highest BCUT2D eigenvalue weighted by molar-refractivity contribution is 7.90. The van der Waals surface area contributed by atoms with E-state index in [1.807, 2.05) is 6.92 Å². The smallest absolute Gasteiger partial charge is 0.435 e. The van der Waals surface area contributed by atoms with Crippen LogP contribution in [0.15, 0.2) is 64.8 Å². The second kappa shape index (κ2) is 12.8. The Labute approximate surface area is 249 Å². The molecule has 0 spiro atoms. The van der Waals surface area contributed by atoms with Gasteiger partial charge in [-0.15, -0.1) is 5.01 Å². The fourth-order valence-corrected chi connectivity index (χ4v) is 5.01. The predicted octanol–water partition coefficient (Wildman–Crippen LogP) is 4.07. The third kappa shape index (κ3) is 7.94. The molecule has 4 rings (SSSR count). The Morgan fingerprint density at radius 1 is 1.16 bits per heavy atom. The van der Waals surface area contributed by atoms with Gasteiger partial charge >= 0.3 is 18.2 Å². The number of nitrogens with zero attached hydrogens (tertiary/aromatic N) is 5. The summed E-state index contributed by atoms with van der Waals surface area (Å²) in [6.45, 7) is 4.29. The molecule has 2 atom stereocenters. The van der Waals surface area contributed by atoms with Gasteiger partial charge in [-0.25, -0.2) is 22.6 Å². The lowest BCUT2D eigenvalue weighted by atomic mass is 10.1. The van der Waals surface area contributed by atoms with Crippen LogP contribution < -0.4 is 4.72 Å². The maximum absolute atomic E-state index is 13.5. The summed E-state index contributed by atoms with van der Waals surface area (Å²) in [4.78, 5) is 27.7. The molecule has 1 aliphatic rings.